The van der Waals surface area contributed by atoms with Gasteiger partial charge in [-0.1, -0.05) is 12.6 Å². The van der Waals surface area contributed by atoms with Gasteiger partial charge in [0, 0.05) is 24.3 Å². The van der Waals surface area contributed by atoms with E-state index in [0.717, 1.165) is 30.3 Å². The van der Waals surface area contributed by atoms with E-state index in [2.05, 4.69) is 38.9 Å². The number of imidazole rings is 1. The lowest BCUT2D eigenvalue weighted by molar-refractivity contribution is -0.126. The van der Waals surface area contributed by atoms with Crippen LogP contribution in [0.25, 0.3) is 22.3 Å². The average molecular weight is 510 g/mol. The number of nitrogens with one attached hydrogen (secondary N) is 1. The van der Waals surface area contributed by atoms with Crippen LogP contribution in [-0.2, 0) is 4.79 Å². The minimum absolute atomic E-state index is 0.0741. The van der Waals surface area contributed by atoms with Crippen LogP contribution in [0.3, 0.4) is 0 Å². The second kappa shape index (κ2) is 11.3. The van der Waals surface area contributed by atoms with E-state index in [9.17, 15) is 13.6 Å². The van der Waals surface area contributed by atoms with Gasteiger partial charge in [0.1, 0.15) is 29.4 Å². The highest BCUT2D eigenvalue weighted by molar-refractivity contribution is 5.88. The van der Waals surface area contributed by atoms with Gasteiger partial charge in [0.05, 0.1) is 16.9 Å². The Bertz CT molecular complexity index is 1370. The minimum atomic E-state index is -2.73. The number of halogens is 2. The maximum Gasteiger partial charge on any atom is 0.320 e. The third-order valence-corrected chi connectivity index (χ3v) is 6.26. The molecule has 0 bridgehead atoms. The third kappa shape index (κ3) is 5.65. The number of carbonyl (C=O) groups is 1. The van der Waals surface area contributed by atoms with E-state index in [1.165, 1.54) is 6.08 Å². The molecule has 4 heterocycles. The molecular formula is C26H29F2N7O2. The van der Waals surface area contributed by atoms with Gasteiger partial charge >= 0.3 is 6.55 Å². The number of likely N-dealkylation sites (tertiary alicyclic amines) is 1. The topological polar surface area (TPSA) is 102 Å². The summed E-state index contributed by atoms with van der Waals surface area (Å²) in [6, 6.07) is 9.25. The quantitative estimate of drug-likeness (QED) is 0.357. The van der Waals surface area contributed by atoms with Crippen LogP contribution in [0.15, 0.2) is 55.5 Å². The van der Waals surface area contributed by atoms with Crippen molar-refractivity contribution in [3.63, 3.8) is 0 Å². The fourth-order valence-corrected chi connectivity index (χ4v) is 4.31. The number of hydrogen-bond donors (Lipinski definition) is 1. The molecule has 5 rings (SSSR count). The smallest absolute Gasteiger partial charge is 0.320 e. The molecule has 37 heavy (non-hydrogen) atoms. The zero-order valence-electron chi connectivity index (χ0n) is 20.9. The molecule has 0 aliphatic carbocycles. The monoisotopic (exact) mass is 509 g/mol. The molecule has 9 nitrogen and oxygen atoms in total. The van der Waals surface area contributed by atoms with Crippen LogP contribution < -0.4 is 4.74 Å². The molecule has 2 atom stereocenters. The predicted molar refractivity (Wildman–Crippen MR) is 135 cm³/mol. The van der Waals surface area contributed by atoms with Gasteiger partial charge in [-0.25, -0.2) is 4.98 Å². The maximum absolute atomic E-state index is 13.4. The van der Waals surface area contributed by atoms with E-state index < -0.39 is 12.7 Å². The number of H-pyrrole nitrogens is 1. The zero-order chi connectivity index (χ0) is 26.5. The molecule has 4 aromatic rings. The number of rotatable bonds is 6. The second-order valence-corrected chi connectivity index (χ2v) is 8.77. The summed E-state index contributed by atoms with van der Waals surface area (Å²) in [6.07, 6.45) is 5.99. The fraction of sp³-hybridized carbons (Fsp3) is 0.346. The number of aromatic amines is 1. The molecule has 0 radical (unpaired) electrons. The molecule has 1 amide bonds. The zero-order valence-corrected chi connectivity index (χ0v) is 20.9. The van der Waals surface area contributed by atoms with Crippen LogP contribution in [0.5, 0.6) is 5.75 Å². The molecule has 1 aromatic carbocycles. The number of benzene rings is 1. The second-order valence-electron chi connectivity index (χ2n) is 8.77. The summed E-state index contributed by atoms with van der Waals surface area (Å²) in [5, 5.41) is 10.7. The Hall–Kier alpha value is -4.15. The van der Waals surface area contributed by atoms with Gasteiger partial charge in [-0.15, -0.1) is 0 Å². The lowest BCUT2D eigenvalue weighted by Gasteiger charge is -2.18. The number of fused-ring (bicyclic) bond motifs is 1. The van der Waals surface area contributed by atoms with Crippen LogP contribution >= 0.6 is 0 Å². The number of aryl methyl sites for hydroxylation is 1. The highest BCUT2D eigenvalue weighted by Crippen LogP contribution is 2.36. The summed E-state index contributed by atoms with van der Waals surface area (Å²) < 4.78 is 33.7. The highest BCUT2D eigenvalue weighted by atomic mass is 19.3. The largest absolute Gasteiger partial charge is 0.482 e. The van der Waals surface area contributed by atoms with Crippen molar-refractivity contribution in [1.82, 2.24) is 34.8 Å². The van der Waals surface area contributed by atoms with Crippen LogP contribution in [0.1, 0.15) is 50.7 Å². The minimum Gasteiger partial charge on any atom is -0.482 e. The molecule has 0 saturated carbocycles. The van der Waals surface area contributed by atoms with Crippen molar-refractivity contribution >= 4 is 16.9 Å². The molecule has 1 fully saturated rings. The molecule has 1 N–H and O–H groups in total. The summed E-state index contributed by atoms with van der Waals surface area (Å²) in [5.74, 6) is 0.353. The molecule has 0 unspecified atom stereocenters. The maximum atomic E-state index is 13.4. The summed E-state index contributed by atoms with van der Waals surface area (Å²) in [7, 11) is 0. The Morgan fingerprint density at radius 1 is 1.27 bits per heavy atom. The van der Waals surface area contributed by atoms with E-state index >= 15 is 0 Å². The summed E-state index contributed by atoms with van der Waals surface area (Å²) in [5.41, 5.74) is 3.27. The lowest BCUT2D eigenvalue weighted by atomic mass is 10.1. The van der Waals surface area contributed by atoms with E-state index in [0.29, 0.717) is 34.2 Å². The Morgan fingerprint density at radius 2 is 2.08 bits per heavy atom. The van der Waals surface area contributed by atoms with Crippen LogP contribution in [-0.4, -0.2) is 53.3 Å². The SMILES string of the molecule is C=CC(=O)N1CCC[C@@H]1C.Cc1n[nH]nc1-c1cc(O[C@H](C)c2ccccn2)c2c(c1)ncn2C(F)F. The van der Waals surface area contributed by atoms with Crippen LogP contribution in [0.2, 0.25) is 0 Å². The molecule has 3 aromatic heterocycles. The number of ether oxygens (including phenoxy) is 1. The van der Waals surface area contributed by atoms with Gasteiger partial charge in [-0.3, -0.25) is 14.3 Å². The van der Waals surface area contributed by atoms with Gasteiger partial charge in [0.2, 0.25) is 5.91 Å². The Morgan fingerprint density at radius 3 is 2.68 bits per heavy atom. The van der Waals surface area contributed by atoms with Gasteiger partial charge in [-0.2, -0.15) is 24.2 Å². The molecule has 1 aliphatic rings. The Kier molecular flexibility index (Phi) is 7.90. The molecule has 1 saturated heterocycles. The number of amides is 1. The van der Waals surface area contributed by atoms with Crippen molar-refractivity contribution in [3.8, 4) is 17.0 Å². The van der Waals surface area contributed by atoms with Crippen molar-refractivity contribution in [2.45, 2.75) is 52.3 Å². The molecule has 1 aliphatic heterocycles. The number of hydrogen-bond acceptors (Lipinski definition) is 6. The van der Waals surface area contributed by atoms with Gasteiger partial charge < -0.3 is 9.64 Å². The Labute approximate surface area is 213 Å². The summed E-state index contributed by atoms with van der Waals surface area (Å²) in [6.45, 7) is 7.32. The number of aromatic nitrogens is 6. The van der Waals surface area contributed by atoms with E-state index in [-0.39, 0.29) is 17.2 Å². The van der Waals surface area contributed by atoms with E-state index in [1.807, 2.05) is 24.0 Å². The van der Waals surface area contributed by atoms with Crippen molar-refractivity contribution in [2.24, 2.45) is 0 Å². The van der Waals surface area contributed by atoms with Crippen LogP contribution in [0.4, 0.5) is 8.78 Å². The third-order valence-electron chi connectivity index (χ3n) is 6.26. The predicted octanol–water partition coefficient (Wildman–Crippen LogP) is 5.24. The first kappa shape index (κ1) is 25.9. The highest BCUT2D eigenvalue weighted by Gasteiger charge is 2.23. The lowest BCUT2D eigenvalue weighted by Crippen LogP contribution is -2.31. The first-order valence-corrected chi connectivity index (χ1v) is 12.0. The number of pyridine rings is 1. The van der Waals surface area contributed by atoms with Gasteiger partial charge in [-0.05, 0) is 64.0 Å². The molecule has 11 heteroatoms. The first-order valence-electron chi connectivity index (χ1n) is 12.0. The first-order chi connectivity index (χ1) is 17.8. The molecule has 194 valence electrons. The van der Waals surface area contributed by atoms with Crippen LogP contribution in [0, 0.1) is 6.92 Å². The normalized spacial score (nSPS) is 15.9. The van der Waals surface area contributed by atoms with Crippen molar-refractivity contribution in [3.05, 3.63) is 66.9 Å². The van der Waals surface area contributed by atoms with Crippen molar-refractivity contribution in [2.75, 3.05) is 6.54 Å². The van der Waals surface area contributed by atoms with Gasteiger partial charge in [0.25, 0.3) is 0 Å². The average Bonchev–Trinajstić information content (AvgIpc) is 3.64. The fourth-order valence-electron chi connectivity index (χ4n) is 4.31. The molecule has 0 spiro atoms. The van der Waals surface area contributed by atoms with E-state index in [4.69, 9.17) is 4.74 Å². The number of alkyl halides is 2. The Balaban J connectivity index is 0.000000270. The number of nitrogens with zero attached hydrogens (tertiary/aromatic N) is 6. The summed E-state index contributed by atoms with van der Waals surface area (Å²) in [4.78, 5) is 21.3. The summed E-state index contributed by atoms with van der Waals surface area (Å²) >= 11 is 0. The van der Waals surface area contributed by atoms with Crippen molar-refractivity contribution < 1.29 is 18.3 Å². The van der Waals surface area contributed by atoms with Crippen molar-refractivity contribution in [1.29, 1.82) is 0 Å². The number of carbonyl (C=O) groups excluding carboxylic acids is 1. The standard InChI is InChI=1S/C18H16F2N6O.C8H13NO/c1-10-16(24-25-23-10)12-7-14-17(26(9-22-14)18(19)20)15(8-12)27-11(2)13-5-3-4-6-21-13;1-3-8(10)9-6-4-5-7(9)2/h3-9,11,18H,1-2H3,(H,23,24,25);3,7H,1,4-6H2,2H3/t11-;7-/m10/s1. The molecular weight excluding hydrogens is 480 g/mol. The van der Waals surface area contributed by atoms with E-state index in [1.54, 1.807) is 31.3 Å². The van der Waals surface area contributed by atoms with Gasteiger partial charge in [0.15, 0.2) is 0 Å².